The molecular weight excluding hydrogens is 250 g/mol. The summed E-state index contributed by atoms with van der Waals surface area (Å²) >= 11 is 0. The SMILES string of the molecule is Cc1cc(C(C)(C)C)ccc1OC(CO)C(N)C(C)C. The van der Waals surface area contributed by atoms with E-state index in [4.69, 9.17) is 10.5 Å². The molecule has 0 fully saturated rings. The van der Waals surface area contributed by atoms with Crippen LogP contribution in [-0.4, -0.2) is 23.9 Å². The van der Waals surface area contributed by atoms with Crippen molar-refractivity contribution in [3.8, 4) is 5.75 Å². The molecule has 0 aliphatic rings. The summed E-state index contributed by atoms with van der Waals surface area (Å²) < 4.78 is 5.91. The van der Waals surface area contributed by atoms with Gasteiger partial charge in [0.15, 0.2) is 0 Å². The molecule has 0 amide bonds. The van der Waals surface area contributed by atoms with Crippen LogP contribution in [0.3, 0.4) is 0 Å². The number of hydrogen-bond acceptors (Lipinski definition) is 3. The van der Waals surface area contributed by atoms with Gasteiger partial charge in [-0.15, -0.1) is 0 Å². The lowest BCUT2D eigenvalue weighted by Gasteiger charge is -2.27. The van der Waals surface area contributed by atoms with Crippen LogP contribution in [0, 0.1) is 12.8 Å². The molecule has 0 aromatic heterocycles. The molecule has 0 aliphatic heterocycles. The van der Waals surface area contributed by atoms with Gasteiger partial charge in [-0.1, -0.05) is 46.8 Å². The highest BCUT2D eigenvalue weighted by molar-refractivity contribution is 5.39. The molecule has 1 aromatic carbocycles. The Morgan fingerprint density at radius 3 is 2.25 bits per heavy atom. The smallest absolute Gasteiger partial charge is 0.137 e. The Hall–Kier alpha value is -1.06. The Bertz CT molecular complexity index is 435. The Labute approximate surface area is 123 Å². The zero-order valence-electron chi connectivity index (χ0n) is 13.6. The van der Waals surface area contributed by atoms with Gasteiger partial charge in [-0.3, -0.25) is 0 Å². The first-order chi connectivity index (χ1) is 9.16. The molecule has 0 saturated carbocycles. The van der Waals surface area contributed by atoms with Crippen LogP contribution in [0.5, 0.6) is 5.75 Å². The molecule has 0 radical (unpaired) electrons. The maximum absolute atomic E-state index is 9.48. The van der Waals surface area contributed by atoms with Crippen molar-refractivity contribution in [2.45, 2.75) is 59.1 Å². The minimum Gasteiger partial charge on any atom is -0.486 e. The van der Waals surface area contributed by atoms with Gasteiger partial charge >= 0.3 is 0 Å². The Morgan fingerprint density at radius 1 is 1.25 bits per heavy atom. The van der Waals surface area contributed by atoms with Crippen LogP contribution < -0.4 is 10.5 Å². The second-order valence-electron chi connectivity index (χ2n) is 6.89. The molecular formula is C17H29NO2. The summed E-state index contributed by atoms with van der Waals surface area (Å²) in [5, 5.41) is 9.48. The molecule has 114 valence electrons. The number of hydrogen-bond donors (Lipinski definition) is 2. The molecule has 1 rings (SSSR count). The Morgan fingerprint density at radius 2 is 1.85 bits per heavy atom. The van der Waals surface area contributed by atoms with Gasteiger partial charge in [0.2, 0.25) is 0 Å². The number of nitrogens with two attached hydrogens (primary N) is 1. The highest BCUT2D eigenvalue weighted by Crippen LogP contribution is 2.28. The van der Waals surface area contributed by atoms with Crippen LogP contribution in [0.15, 0.2) is 18.2 Å². The zero-order valence-corrected chi connectivity index (χ0v) is 13.6. The molecule has 0 bridgehead atoms. The molecule has 3 heteroatoms. The first-order valence-corrected chi connectivity index (χ1v) is 7.31. The molecule has 3 nitrogen and oxygen atoms in total. The fourth-order valence-corrected chi connectivity index (χ4v) is 2.08. The van der Waals surface area contributed by atoms with Gasteiger partial charge in [0.05, 0.1) is 6.61 Å². The lowest BCUT2D eigenvalue weighted by Crippen LogP contribution is -2.45. The summed E-state index contributed by atoms with van der Waals surface area (Å²) in [6.07, 6.45) is -0.366. The maximum atomic E-state index is 9.48. The van der Waals surface area contributed by atoms with E-state index in [1.165, 1.54) is 5.56 Å². The number of aryl methyl sites for hydroxylation is 1. The molecule has 20 heavy (non-hydrogen) atoms. The minimum absolute atomic E-state index is 0.0696. The third-order valence-corrected chi connectivity index (χ3v) is 3.70. The van der Waals surface area contributed by atoms with E-state index >= 15 is 0 Å². The topological polar surface area (TPSA) is 55.5 Å². The number of aliphatic hydroxyl groups is 1. The van der Waals surface area contributed by atoms with E-state index in [2.05, 4.69) is 32.9 Å². The van der Waals surface area contributed by atoms with Crippen molar-refractivity contribution in [1.29, 1.82) is 0 Å². The molecule has 2 atom stereocenters. The molecule has 0 saturated heterocycles. The van der Waals surface area contributed by atoms with Crippen molar-refractivity contribution in [2.24, 2.45) is 11.7 Å². The van der Waals surface area contributed by atoms with E-state index in [0.717, 1.165) is 11.3 Å². The van der Waals surface area contributed by atoms with Gasteiger partial charge < -0.3 is 15.6 Å². The van der Waals surface area contributed by atoms with E-state index in [1.807, 2.05) is 26.8 Å². The largest absolute Gasteiger partial charge is 0.486 e. The third kappa shape index (κ3) is 4.22. The highest BCUT2D eigenvalue weighted by Gasteiger charge is 2.23. The number of ether oxygens (including phenoxy) is 1. The summed E-state index contributed by atoms with van der Waals surface area (Å²) in [5.74, 6) is 1.06. The summed E-state index contributed by atoms with van der Waals surface area (Å²) in [6, 6.07) is 6.02. The Balaban J connectivity index is 2.93. The summed E-state index contributed by atoms with van der Waals surface area (Å²) in [5.41, 5.74) is 8.55. The van der Waals surface area contributed by atoms with Crippen molar-refractivity contribution in [3.63, 3.8) is 0 Å². The van der Waals surface area contributed by atoms with Gasteiger partial charge in [-0.2, -0.15) is 0 Å². The van der Waals surface area contributed by atoms with Crippen molar-refractivity contribution in [2.75, 3.05) is 6.61 Å². The first-order valence-electron chi connectivity index (χ1n) is 7.31. The normalized spacial score (nSPS) is 15.2. The van der Waals surface area contributed by atoms with Crippen LogP contribution >= 0.6 is 0 Å². The Kier molecular flexibility index (Phi) is 5.60. The molecule has 0 spiro atoms. The van der Waals surface area contributed by atoms with E-state index in [-0.39, 0.29) is 30.1 Å². The second kappa shape index (κ2) is 6.59. The van der Waals surface area contributed by atoms with Crippen LogP contribution in [0.1, 0.15) is 45.7 Å². The van der Waals surface area contributed by atoms with E-state index in [9.17, 15) is 5.11 Å². The van der Waals surface area contributed by atoms with Gasteiger partial charge in [0, 0.05) is 6.04 Å². The maximum Gasteiger partial charge on any atom is 0.137 e. The summed E-state index contributed by atoms with van der Waals surface area (Å²) in [6.45, 7) is 12.6. The molecule has 2 unspecified atom stereocenters. The summed E-state index contributed by atoms with van der Waals surface area (Å²) in [4.78, 5) is 0. The quantitative estimate of drug-likeness (QED) is 0.871. The van der Waals surface area contributed by atoms with Crippen molar-refractivity contribution in [3.05, 3.63) is 29.3 Å². The van der Waals surface area contributed by atoms with Gasteiger partial charge in [-0.05, 0) is 35.4 Å². The fraction of sp³-hybridized carbons (Fsp3) is 0.647. The molecule has 0 heterocycles. The lowest BCUT2D eigenvalue weighted by molar-refractivity contribution is 0.0805. The average molecular weight is 279 g/mol. The standard InChI is InChI=1S/C17H29NO2/c1-11(2)16(18)15(10-19)20-14-8-7-13(9-12(14)3)17(4,5)6/h7-9,11,15-16,19H,10,18H2,1-6H3. The number of aliphatic hydroxyl groups excluding tert-OH is 1. The average Bonchev–Trinajstić information content (AvgIpc) is 2.35. The van der Waals surface area contributed by atoms with Crippen LogP contribution in [0.25, 0.3) is 0 Å². The van der Waals surface area contributed by atoms with Crippen molar-refractivity contribution in [1.82, 2.24) is 0 Å². The van der Waals surface area contributed by atoms with E-state index in [1.54, 1.807) is 0 Å². The van der Waals surface area contributed by atoms with E-state index in [0.29, 0.717) is 0 Å². The van der Waals surface area contributed by atoms with Gasteiger partial charge in [0.1, 0.15) is 11.9 Å². The van der Waals surface area contributed by atoms with Gasteiger partial charge in [-0.25, -0.2) is 0 Å². The van der Waals surface area contributed by atoms with E-state index < -0.39 is 0 Å². The molecule has 3 N–H and O–H groups in total. The third-order valence-electron chi connectivity index (χ3n) is 3.70. The van der Waals surface area contributed by atoms with Crippen molar-refractivity contribution < 1.29 is 9.84 Å². The van der Waals surface area contributed by atoms with Crippen molar-refractivity contribution >= 4 is 0 Å². The molecule has 0 aliphatic carbocycles. The van der Waals surface area contributed by atoms with Crippen LogP contribution in [0.2, 0.25) is 0 Å². The molecule has 1 aromatic rings. The number of rotatable bonds is 5. The zero-order chi connectivity index (χ0) is 15.5. The monoisotopic (exact) mass is 279 g/mol. The summed E-state index contributed by atoms with van der Waals surface area (Å²) in [7, 11) is 0. The van der Waals surface area contributed by atoms with Crippen LogP contribution in [-0.2, 0) is 5.41 Å². The lowest BCUT2D eigenvalue weighted by atomic mass is 9.86. The minimum atomic E-state index is -0.366. The highest BCUT2D eigenvalue weighted by atomic mass is 16.5. The van der Waals surface area contributed by atoms with Gasteiger partial charge in [0.25, 0.3) is 0 Å². The number of benzene rings is 1. The predicted octanol–water partition coefficient (Wildman–Crippen LogP) is 3.02. The first kappa shape index (κ1) is 17.0. The van der Waals surface area contributed by atoms with Crippen LogP contribution in [0.4, 0.5) is 0 Å². The predicted molar refractivity (Wildman–Crippen MR) is 84.2 cm³/mol. The fourth-order valence-electron chi connectivity index (χ4n) is 2.08. The second-order valence-corrected chi connectivity index (χ2v) is 6.89.